The van der Waals surface area contributed by atoms with Crippen LogP contribution in [-0.2, 0) is 6.42 Å². The first-order chi connectivity index (χ1) is 10.2. The molecule has 6 nitrogen and oxygen atoms in total. The van der Waals surface area contributed by atoms with E-state index in [2.05, 4.69) is 48.5 Å². The first kappa shape index (κ1) is 13.8. The summed E-state index contributed by atoms with van der Waals surface area (Å²) in [7, 11) is 4.10. The molecule has 6 heteroatoms. The summed E-state index contributed by atoms with van der Waals surface area (Å²) >= 11 is 0. The smallest absolute Gasteiger partial charge is 0.251 e. The topological polar surface area (TPSA) is 57.2 Å². The van der Waals surface area contributed by atoms with Gasteiger partial charge < -0.3 is 15.1 Å². The summed E-state index contributed by atoms with van der Waals surface area (Å²) < 4.78 is 0. The second kappa shape index (κ2) is 6.05. The molecule has 1 aromatic carbocycles. The normalized spacial score (nSPS) is 13.6. The van der Waals surface area contributed by atoms with Crippen LogP contribution in [0.15, 0.2) is 30.5 Å². The van der Waals surface area contributed by atoms with E-state index in [1.165, 1.54) is 11.3 Å². The van der Waals surface area contributed by atoms with Crippen LogP contribution in [0.25, 0.3) is 0 Å². The van der Waals surface area contributed by atoms with Crippen molar-refractivity contribution in [2.75, 3.05) is 43.9 Å². The minimum atomic E-state index is 0.662. The number of nitrogens with one attached hydrogen (secondary N) is 1. The van der Waals surface area contributed by atoms with Gasteiger partial charge in [0.15, 0.2) is 5.82 Å². The van der Waals surface area contributed by atoms with Gasteiger partial charge in [0.2, 0.25) is 0 Å². The molecule has 2 heterocycles. The van der Waals surface area contributed by atoms with E-state index in [0.29, 0.717) is 5.95 Å². The molecule has 0 saturated heterocycles. The van der Waals surface area contributed by atoms with Gasteiger partial charge in [-0.1, -0.05) is 18.2 Å². The van der Waals surface area contributed by atoms with E-state index < -0.39 is 0 Å². The molecule has 1 N–H and O–H groups in total. The molecular formula is C15H20N6. The second-order valence-electron chi connectivity index (χ2n) is 5.40. The van der Waals surface area contributed by atoms with Crippen LogP contribution in [-0.4, -0.2) is 53.8 Å². The largest absolute Gasteiger partial charge is 0.367 e. The highest BCUT2D eigenvalue weighted by molar-refractivity contribution is 5.65. The molecule has 3 rings (SSSR count). The number of likely N-dealkylation sites (N-methyl/N-ethyl adjacent to an activating group) is 1. The van der Waals surface area contributed by atoms with Crippen LogP contribution in [0.4, 0.5) is 17.5 Å². The molecule has 0 aliphatic carbocycles. The van der Waals surface area contributed by atoms with Crippen molar-refractivity contribution in [1.82, 2.24) is 20.1 Å². The van der Waals surface area contributed by atoms with E-state index in [4.69, 9.17) is 0 Å². The van der Waals surface area contributed by atoms with Gasteiger partial charge in [0.05, 0.1) is 6.20 Å². The third-order valence-corrected chi connectivity index (χ3v) is 3.54. The number of nitrogens with zero attached hydrogens (tertiary/aromatic N) is 5. The van der Waals surface area contributed by atoms with Crippen LogP contribution in [0.2, 0.25) is 0 Å². The van der Waals surface area contributed by atoms with E-state index in [-0.39, 0.29) is 0 Å². The van der Waals surface area contributed by atoms with E-state index in [1.807, 2.05) is 20.2 Å². The van der Waals surface area contributed by atoms with Gasteiger partial charge in [-0.2, -0.15) is 10.1 Å². The van der Waals surface area contributed by atoms with E-state index in [9.17, 15) is 0 Å². The quantitative estimate of drug-likeness (QED) is 0.899. The molecule has 2 aromatic rings. The summed E-state index contributed by atoms with van der Waals surface area (Å²) in [6.45, 7) is 2.69. The Labute approximate surface area is 124 Å². The van der Waals surface area contributed by atoms with Crippen molar-refractivity contribution in [1.29, 1.82) is 0 Å². The molecule has 1 aromatic heterocycles. The molecule has 110 valence electrons. The van der Waals surface area contributed by atoms with Crippen molar-refractivity contribution >= 4 is 17.5 Å². The molecule has 1 aliphatic heterocycles. The molecule has 0 bridgehead atoms. The fourth-order valence-electron chi connectivity index (χ4n) is 2.45. The Bertz CT molecular complexity index is 613. The standard InChI is InChI=1S/C15H20N6/c1-20(2)10-8-16-14-11-17-19-15(18-14)21-9-7-12-5-3-4-6-13(12)21/h3-6,11H,7-10H2,1-2H3,(H,16,18,19). The minimum absolute atomic E-state index is 0.662. The third-order valence-electron chi connectivity index (χ3n) is 3.54. The number of rotatable bonds is 5. The predicted octanol–water partition coefficient (Wildman–Crippen LogP) is 1.54. The molecule has 0 unspecified atom stereocenters. The molecule has 0 amide bonds. The monoisotopic (exact) mass is 284 g/mol. The van der Waals surface area contributed by atoms with Gasteiger partial charge >= 0.3 is 0 Å². The minimum Gasteiger partial charge on any atom is -0.367 e. The average molecular weight is 284 g/mol. The summed E-state index contributed by atoms with van der Waals surface area (Å²) in [5.74, 6) is 1.43. The average Bonchev–Trinajstić information content (AvgIpc) is 2.91. The lowest BCUT2D eigenvalue weighted by molar-refractivity contribution is 0.425. The summed E-state index contributed by atoms with van der Waals surface area (Å²) in [5, 5.41) is 11.5. The van der Waals surface area contributed by atoms with Crippen LogP contribution in [0.3, 0.4) is 0 Å². The molecule has 0 saturated carbocycles. The summed E-state index contributed by atoms with van der Waals surface area (Å²) in [4.78, 5) is 8.82. The maximum Gasteiger partial charge on any atom is 0.251 e. The maximum atomic E-state index is 4.57. The van der Waals surface area contributed by atoms with Crippen molar-refractivity contribution in [3.63, 3.8) is 0 Å². The Hall–Kier alpha value is -2.21. The zero-order chi connectivity index (χ0) is 14.7. The second-order valence-corrected chi connectivity index (χ2v) is 5.40. The lowest BCUT2D eigenvalue weighted by Crippen LogP contribution is -2.22. The Morgan fingerprint density at radius 2 is 2.14 bits per heavy atom. The zero-order valence-corrected chi connectivity index (χ0v) is 12.5. The molecule has 21 heavy (non-hydrogen) atoms. The highest BCUT2D eigenvalue weighted by Crippen LogP contribution is 2.32. The van der Waals surface area contributed by atoms with Crippen LogP contribution in [0, 0.1) is 0 Å². The highest BCUT2D eigenvalue weighted by Gasteiger charge is 2.22. The molecule has 0 fully saturated rings. The first-order valence-electron chi connectivity index (χ1n) is 7.18. The van der Waals surface area contributed by atoms with Crippen LogP contribution in [0.5, 0.6) is 0 Å². The van der Waals surface area contributed by atoms with Crippen LogP contribution >= 0.6 is 0 Å². The molecule has 1 aliphatic rings. The van der Waals surface area contributed by atoms with Crippen LogP contribution in [0.1, 0.15) is 5.56 Å². The van der Waals surface area contributed by atoms with Crippen molar-refractivity contribution in [2.24, 2.45) is 0 Å². The van der Waals surface area contributed by atoms with Gasteiger partial charge in [0, 0.05) is 25.3 Å². The van der Waals surface area contributed by atoms with Gasteiger partial charge in [-0.05, 0) is 32.1 Å². The first-order valence-corrected chi connectivity index (χ1v) is 7.18. The van der Waals surface area contributed by atoms with Crippen molar-refractivity contribution in [3.8, 4) is 0 Å². The number of benzene rings is 1. The van der Waals surface area contributed by atoms with Gasteiger partial charge in [-0.25, -0.2) is 0 Å². The van der Waals surface area contributed by atoms with Gasteiger partial charge in [-0.3, -0.25) is 0 Å². The fourth-order valence-corrected chi connectivity index (χ4v) is 2.45. The van der Waals surface area contributed by atoms with Crippen molar-refractivity contribution < 1.29 is 0 Å². The molecular weight excluding hydrogens is 264 g/mol. The Morgan fingerprint density at radius 1 is 1.29 bits per heavy atom. The number of hydrogen-bond acceptors (Lipinski definition) is 6. The van der Waals surface area contributed by atoms with Gasteiger partial charge in [0.1, 0.15) is 0 Å². The SMILES string of the molecule is CN(C)CCNc1cnnc(N2CCc3ccccc32)n1. The number of para-hydroxylation sites is 1. The lowest BCUT2D eigenvalue weighted by Gasteiger charge is -2.17. The van der Waals surface area contributed by atoms with Gasteiger partial charge in [-0.15, -0.1) is 5.10 Å². The molecule has 0 atom stereocenters. The third kappa shape index (κ3) is 3.11. The van der Waals surface area contributed by atoms with Gasteiger partial charge in [0.25, 0.3) is 5.95 Å². The summed E-state index contributed by atoms with van der Waals surface area (Å²) in [6.07, 6.45) is 2.69. The number of aromatic nitrogens is 3. The zero-order valence-electron chi connectivity index (χ0n) is 12.5. The number of hydrogen-bond donors (Lipinski definition) is 1. The van der Waals surface area contributed by atoms with E-state index in [0.717, 1.165) is 31.9 Å². The van der Waals surface area contributed by atoms with Crippen LogP contribution < -0.4 is 10.2 Å². The highest BCUT2D eigenvalue weighted by atomic mass is 15.3. The Kier molecular flexibility index (Phi) is 3.96. The summed E-state index contributed by atoms with van der Waals surface area (Å²) in [6, 6.07) is 8.38. The molecule has 0 spiro atoms. The van der Waals surface area contributed by atoms with E-state index >= 15 is 0 Å². The summed E-state index contributed by atoms with van der Waals surface area (Å²) in [5.41, 5.74) is 2.52. The van der Waals surface area contributed by atoms with E-state index in [1.54, 1.807) is 6.20 Å². The van der Waals surface area contributed by atoms with Crippen molar-refractivity contribution in [2.45, 2.75) is 6.42 Å². The Morgan fingerprint density at radius 3 is 3.00 bits per heavy atom. The fraction of sp³-hybridized carbons (Fsp3) is 0.400. The Balaban J connectivity index is 1.75. The van der Waals surface area contributed by atoms with Crippen molar-refractivity contribution in [3.05, 3.63) is 36.0 Å². The predicted molar refractivity (Wildman–Crippen MR) is 84.0 cm³/mol. The molecule has 0 radical (unpaired) electrons. The number of fused-ring (bicyclic) bond motifs is 1. The lowest BCUT2D eigenvalue weighted by atomic mass is 10.2. The number of anilines is 3. The maximum absolute atomic E-state index is 4.57.